The van der Waals surface area contributed by atoms with E-state index in [1.807, 2.05) is 38.1 Å². The zero-order valence-electron chi connectivity index (χ0n) is 15.8. The van der Waals surface area contributed by atoms with Crippen molar-refractivity contribution in [2.75, 3.05) is 13.7 Å². The molecule has 0 bridgehead atoms. The summed E-state index contributed by atoms with van der Waals surface area (Å²) in [5.41, 5.74) is 6.14. The van der Waals surface area contributed by atoms with Crippen molar-refractivity contribution in [2.24, 2.45) is 10.3 Å². The van der Waals surface area contributed by atoms with E-state index < -0.39 is 0 Å². The van der Waals surface area contributed by atoms with Gasteiger partial charge in [-0.3, -0.25) is 4.98 Å². The highest BCUT2D eigenvalue weighted by molar-refractivity contribution is 6.00. The van der Waals surface area contributed by atoms with Crippen LogP contribution in [0.25, 0.3) is 0 Å². The first kappa shape index (κ1) is 18.6. The molecular weight excluding hydrogens is 340 g/mol. The van der Waals surface area contributed by atoms with Crippen LogP contribution in [-0.2, 0) is 16.1 Å². The highest BCUT2D eigenvalue weighted by atomic mass is 16.6. The average molecular weight is 362 g/mol. The summed E-state index contributed by atoms with van der Waals surface area (Å²) in [7, 11) is 1.51. The molecule has 0 aromatic carbocycles. The number of rotatable bonds is 4. The molecule has 1 aliphatic rings. The quantitative estimate of drug-likeness (QED) is 0.362. The zero-order chi connectivity index (χ0) is 19.1. The van der Waals surface area contributed by atoms with Crippen molar-refractivity contribution < 1.29 is 9.68 Å². The van der Waals surface area contributed by atoms with Crippen LogP contribution in [-0.4, -0.2) is 35.1 Å². The number of aryl methyl sites for hydroxylation is 2. The molecule has 0 N–H and O–H groups in total. The van der Waals surface area contributed by atoms with E-state index in [1.165, 1.54) is 12.7 Å². The molecule has 0 saturated heterocycles. The van der Waals surface area contributed by atoms with Crippen molar-refractivity contribution in [3.05, 3.63) is 58.7 Å². The van der Waals surface area contributed by atoms with Crippen molar-refractivity contribution in [2.45, 2.75) is 33.1 Å². The third-order valence-electron chi connectivity index (χ3n) is 4.13. The summed E-state index contributed by atoms with van der Waals surface area (Å²) in [5.74, 6) is 5.92. The topological polar surface area (TPSA) is 69.0 Å². The second-order valence-electron chi connectivity index (χ2n) is 6.19. The van der Waals surface area contributed by atoms with E-state index in [0.717, 1.165) is 42.1 Å². The number of fused-ring (bicyclic) bond motifs is 1. The van der Waals surface area contributed by atoms with Gasteiger partial charge >= 0.3 is 0 Å². The summed E-state index contributed by atoms with van der Waals surface area (Å²) in [6.07, 6.45) is 2.97. The second-order valence-corrected chi connectivity index (χ2v) is 6.19. The molecular formula is C21H22N4O2. The predicted octanol–water partition coefficient (Wildman–Crippen LogP) is 3.26. The van der Waals surface area contributed by atoms with Crippen LogP contribution in [0.1, 0.15) is 48.1 Å². The van der Waals surface area contributed by atoms with Crippen LogP contribution in [0.15, 0.2) is 40.6 Å². The molecule has 2 heterocycles. The molecule has 138 valence electrons. The van der Waals surface area contributed by atoms with Crippen molar-refractivity contribution in [1.82, 2.24) is 9.97 Å². The van der Waals surface area contributed by atoms with Crippen LogP contribution in [0.2, 0.25) is 0 Å². The van der Waals surface area contributed by atoms with Gasteiger partial charge in [0, 0.05) is 5.69 Å². The molecule has 2 aromatic heterocycles. The number of hydrogen-bond acceptors (Lipinski definition) is 6. The molecule has 6 heteroatoms. The lowest BCUT2D eigenvalue weighted by Crippen LogP contribution is -2.15. The maximum Gasteiger partial charge on any atom is 0.177 e. The van der Waals surface area contributed by atoms with Crippen LogP contribution in [0.4, 0.5) is 0 Å². The lowest BCUT2D eigenvalue weighted by atomic mass is 9.94. The maximum atomic E-state index is 5.41. The number of oxime groups is 2. The van der Waals surface area contributed by atoms with Gasteiger partial charge in [0.1, 0.15) is 24.2 Å². The lowest BCUT2D eigenvalue weighted by Gasteiger charge is -2.16. The molecule has 0 aliphatic heterocycles. The van der Waals surface area contributed by atoms with Gasteiger partial charge in [-0.1, -0.05) is 28.4 Å². The maximum absolute atomic E-state index is 5.41. The Morgan fingerprint density at radius 1 is 1.19 bits per heavy atom. The number of pyridine rings is 2. The Morgan fingerprint density at radius 3 is 2.93 bits per heavy atom. The molecule has 0 atom stereocenters. The van der Waals surface area contributed by atoms with Crippen LogP contribution in [0.5, 0.6) is 0 Å². The van der Waals surface area contributed by atoms with Gasteiger partial charge in [0.15, 0.2) is 6.61 Å². The Labute approximate surface area is 159 Å². The largest absolute Gasteiger partial charge is 0.399 e. The molecule has 0 spiro atoms. The van der Waals surface area contributed by atoms with Gasteiger partial charge in [0.25, 0.3) is 0 Å². The second kappa shape index (κ2) is 8.95. The fourth-order valence-corrected chi connectivity index (χ4v) is 2.85. The Hall–Kier alpha value is -3.20. The minimum absolute atomic E-state index is 0.196. The predicted molar refractivity (Wildman–Crippen MR) is 105 cm³/mol. The van der Waals surface area contributed by atoms with E-state index in [1.54, 1.807) is 0 Å². The summed E-state index contributed by atoms with van der Waals surface area (Å²) in [5, 5.41) is 8.14. The zero-order valence-corrected chi connectivity index (χ0v) is 15.8. The Kier molecular flexibility index (Phi) is 6.16. The molecule has 0 radical (unpaired) electrons. The third-order valence-corrected chi connectivity index (χ3v) is 4.13. The van der Waals surface area contributed by atoms with Gasteiger partial charge in [-0.05, 0) is 62.8 Å². The summed E-state index contributed by atoms with van der Waals surface area (Å²) in [4.78, 5) is 19.2. The lowest BCUT2D eigenvalue weighted by molar-refractivity contribution is 0.179. The normalized spacial score (nSPS) is 14.9. The minimum Gasteiger partial charge on any atom is -0.399 e. The minimum atomic E-state index is 0.196. The van der Waals surface area contributed by atoms with Gasteiger partial charge in [0.2, 0.25) is 0 Å². The van der Waals surface area contributed by atoms with Gasteiger partial charge < -0.3 is 9.68 Å². The van der Waals surface area contributed by atoms with E-state index in [2.05, 4.69) is 38.2 Å². The van der Waals surface area contributed by atoms with Crippen LogP contribution >= 0.6 is 0 Å². The monoisotopic (exact) mass is 362 g/mol. The number of nitrogens with zero attached hydrogens (tertiary/aromatic N) is 4. The van der Waals surface area contributed by atoms with E-state index in [-0.39, 0.29) is 6.61 Å². The first-order valence-electron chi connectivity index (χ1n) is 8.87. The third kappa shape index (κ3) is 4.91. The fraction of sp³-hybridized carbons (Fsp3) is 0.333. The number of hydrogen-bond donors (Lipinski definition) is 0. The Morgan fingerprint density at radius 2 is 2.07 bits per heavy atom. The smallest absolute Gasteiger partial charge is 0.177 e. The highest BCUT2D eigenvalue weighted by Gasteiger charge is 2.17. The van der Waals surface area contributed by atoms with Crippen LogP contribution in [0, 0.1) is 18.8 Å². The van der Waals surface area contributed by atoms with E-state index >= 15 is 0 Å². The summed E-state index contributed by atoms with van der Waals surface area (Å²) < 4.78 is 0. The van der Waals surface area contributed by atoms with Gasteiger partial charge in [-0.2, -0.15) is 0 Å². The van der Waals surface area contributed by atoms with E-state index in [9.17, 15) is 0 Å². The SMILES string of the molecule is CO/N=C(\C)c1cccc(C#CCON=C2CCCc3ccc(C)nc32)n1. The van der Waals surface area contributed by atoms with Gasteiger partial charge in [-0.25, -0.2) is 4.98 Å². The average Bonchev–Trinajstić information content (AvgIpc) is 2.68. The van der Waals surface area contributed by atoms with E-state index in [0.29, 0.717) is 11.4 Å². The van der Waals surface area contributed by atoms with Gasteiger partial charge in [0.05, 0.1) is 11.4 Å². The standard InChI is InChI=1S/C21H22N4O2/c1-15-12-13-17-7-4-11-20(21(17)22-15)25-27-14-6-9-18-8-5-10-19(23-18)16(2)24-26-3/h5,8,10,12-13H,4,7,11,14H2,1-3H3/b24-16+,25-20?. The summed E-state index contributed by atoms with van der Waals surface area (Å²) >= 11 is 0. The fourth-order valence-electron chi connectivity index (χ4n) is 2.85. The molecule has 0 fully saturated rings. The van der Waals surface area contributed by atoms with Crippen molar-refractivity contribution >= 4 is 11.4 Å². The molecule has 6 nitrogen and oxygen atoms in total. The molecule has 1 aliphatic carbocycles. The Balaban J connectivity index is 1.64. The first-order chi connectivity index (χ1) is 13.2. The molecule has 2 aromatic rings. The van der Waals surface area contributed by atoms with Crippen molar-refractivity contribution in [3.8, 4) is 11.8 Å². The summed E-state index contributed by atoms with van der Waals surface area (Å²) in [6, 6.07) is 9.75. The highest BCUT2D eigenvalue weighted by Crippen LogP contribution is 2.20. The molecule has 3 rings (SSSR count). The van der Waals surface area contributed by atoms with Crippen molar-refractivity contribution in [3.63, 3.8) is 0 Å². The number of aromatic nitrogens is 2. The molecule has 0 saturated carbocycles. The summed E-state index contributed by atoms with van der Waals surface area (Å²) in [6.45, 7) is 4.01. The van der Waals surface area contributed by atoms with Crippen LogP contribution < -0.4 is 0 Å². The van der Waals surface area contributed by atoms with Gasteiger partial charge in [-0.15, -0.1) is 0 Å². The molecule has 0 amide bonds. The van der Waals surface area contributed by atoms with Crippen LogP contribution in [0.3, 0.4) is 0 Å². The van der Waals surface area contributed by atoms with Crippen molar-refractivity contribution in [1.29, 1.82) is 0 Å². The Bertz CT molecular complexity index is 939. The first-order valence-corrected chi connectivity index (χ1v) is 8.87. The van der Waals surface area contributed by atoms with E-state index in [4.69, 9.17) is 9.68 Å². The molecule has 0 unspecified atom stereocenters. The molecule has 27 heavy (non-hydrogen) atoms.